The smallest absolute Gasteiger partial charge is 0.386 e. The molecule has 3 fully saturated rings. The molecule has 3 saturated heterocycles. The molecule has 0 aliphatic carbocycles. The molecule has 4 aromatic heterocycles. The van der Waals surface area contributed by atoms with Crippen LogP contribution >= 0.6 is 25.8 Å². The summed E-state index contributed by atoms with van der Waals surface area (Å²) < 4.78 is 50.7. The summed E-state index contributed by atoms with van der Waals surface area (Å²) in [5.74, 6) is 0.202. The number of aromatic nitrogens is 8. The van der Waals surface area contributed by atoms with Crippen LogP contribution in [0.15, 0.2) is 25.3 Å². The Balaban J connectivity index is 1.20. The summed E-state index contributed by atoms with van der Waals surface area (Å²) in [7, 11) is 0. The van der Waals surface area contributed by atoms with Gasteiger partial charge in [0.15, 0.2) is 35.4 Å². The lowest BCUT2D eigenvalue weighted by atomic mass is 10.1. The molecule has 7 rings (SSSR count). The zero-order chi connectivity index (χ0) is 31.0. The standard InChI is InChI=1S/C20H24N10O10P2S2/c21-15-9-17(25-3-23-15)29(5-27-9)19-12(32)13-8(38-19)2-36-42(34,44)40-14-11(31)7(1-35-41(33,43)39-13)37-20(14)30-6-28-10-16(22)24-4-26-18(10)30/h3-8,11-14,19-20,31-32H,1-2H2,(H,33,43)(H,34,44)(H2,21,23,25)(H2,22,24,26)/t7-,8-,11+,12+,13+,14+,19-,20-,41?,42?/m1/s1. The van der Waals surface area contributed by atoms with Crippen molar-refractivity contribution in [2.45, 2.75) is 49.1 Å². The molecular weight excluding hydrogens is 666 g/mol. The molecule has 7 heterocycles. The van der Waals surface area contributed by atoms with Crippen molar-refractivity contribution in [1.29, 1.82) is 0 Å². The maximum absolute atomic E-state index is 13.4. The fourth-order valence-electron chi connectivity index (χ4n) is 5.22. The quantitative estimate of drug-likeness (QED) is 0.113. The number of nitrogens with zero attached hydrogens (tertiary/aromatic N) is 8. The molecular formula is C20H24N10O10P2S2. The molecule has 20 nitrogen and oxygen atoms in total. The number of hydrogen-bond acceptors (Lipinski definition) is 18. The van der Waals surface area contributed by atoms with E-state index in [1.807, 2.05) is 0 Å². The number of thiol groups is 1. The minimum atomic E-state index is -4.27. The monoisotopic (exact) mass is 690 g/mol. The summed E-state index contributed by atoms with van der Waals surface area (Å²) in [6, 6.07) is 0. The van der Waals surface area contributed by atoms with Crippen LogP contribution in [0.25, 0.3) is 22.3 Å². The van der Waals surface area contributed by atoms with Gasteiger partial charge in [-0.1, -0.05) is 12.2 Å². The van der Waals surface area contributed by atoms with Crippen LogP contribution in [0.1, 0.15) is 12.5 Å². The average molecular weight is 691 g/mol. The molecule has 0 saturated carbocycles. The number of aliphatic hydroxyl groups excluding tert-OH is 2. The predicted molar refractivity (Wildman–Crippen MR) is 154 cm³/mol. The van der Waals surface area contributed by atoms with Gasteiger partial charge in [0.1, 0.15) is 60.3 Å². The molecule has 0 amide bonds. The van der Waals surface area contributed by atoms with E-state index in [4.69, 9.17) is 50.8 Å². The van der Waals surface area contributed by atoms with Crippen LogP contribution in [0.2, 0.25) is 0 Å². The second-order valence-corrected chi connectivity index (χ2v) is 15.6. The highest BCUT2D eigenvalue weighted by Gasteiger charge is 2.53. The van der Waals surface area contributed by atoms with Crippen LogP contribution in [0, 0.1) is 0 Å². The minimum Gasteiger partial charge on any atom is -0.387 e. The molecule has 236 valence electrons. The average Bonchev–Trinajstić information content (AvgIpc) is 3.73. The number of ether oxygens (including phenoxy) is 2. The largest absolute Gasteiger partial charge is 0.387 e. The van der Waals surface area contributed by atoms with Crippen molar-refractivity contribution in [1.82, 2.24) is 39.0 Å². The van der Waals surface area contributed by atoms with Gasteiger partial charge in [0, 0.05) is 0 Å². The van der Waals surface area contributed by atoms with Crippen molar-refractivity contribution in [2.24, 2.45) is 0 Å². The lowest BCUT2D eigenvalue weighted by Crippen LogP contribution is -2.36. The molecule has 10 atom stereocenters. The zero-order valence-corrected chi connectivity index (χ0v) is 25.5. The fraction of sp³-hybridized carbons (Fsp3) is 0.500. The Morgan fingerprint density at radius 2 is 1.39 bits per heavy atom. The highest BCUT2D eigenvalue weighted by molar-refractivity contribution is 8.44. The van der Waals surface area contributed by atoms with Crippen molar-refractivity contribution in [3.63, 3.8) is 0 Å². The van der Waals surface area contributed by atoms with Crippen LogP contribution in [0.5, 0.6) is 0 Å². The predicted octanol–water partition coefficient (Wildman–Crippen LogP) is -0.581. The van der Waals surface area contributed by atoms with Gasteiger partial charge in [-0.3, -0.25) is 22.7 Å². The molecule has 3 aliphatic heterocycles. The number of rotatable bonds is 2. The van der Waals surface area contributed by atoms with E-state index < -0.39 is 75.8 Å². The van der Waals surface area contributed by atoms with Crippen molar-refractivity contribution in [2.75, 3.05) is 24.7 Å². The second kappa shape index (κ2) is 11.1. The van der Waals surface area contributed by atoms with Crippen LogP contribution < -0.4 is 11.5 Å². The first-order chi connectivity index (χ1) is 20.9. The minimum absolute atomic E-state index is 0.0989. The SMILES string of the molecule is Nc1ncnc2c1ncn2[C@@H]1O[C@@H]2COP(O)(=S)O[C@H]3[C@@H](O)[C@@H](COP(=O)(S)O[C@@H]2[C@@H]1O)O[C@H]3n1cnc2c(N)ncnc21. The van der Waals surface area contributed by atoms with Crippen molar-refractivity contribution < 1.29 is 47.2 Å². The summed E-state index contributed by atoms with van der Waals surface area (Å²) in [6.07, 6.45) is -5.39. The fourth-order valence-corrected chi connectivity index (χ4v) is 8.13. The Hall–Kier alpha value is -2.43. The van der Waals surface area contributed by atoms with Crippen molar-refractivity contribution in [3.05, 3.63) is 25.3 Å². The lowest BCUT2D eigenvalue weighted by molar-refractivity contribution is -0.0594. The first kappa shape index (κ1) is 30.2. The van der Waals surface area contributed by atoms with Crippen molar-refractivity contribution in [3.8, 4) is 0 Å². The number of nitrogens with two attached hydrogens (primary N) is 2. The van der Waals surface area contributed by atoms with Gasteiger partial charge in [-0.2, -0.15) is 0 Å². The molecule has 0 aromatic carbocycles. The number of nitrogen functional groups attached to an aromatic ring is 2. The normalized spacial score (nSPS) is 38.3. The second-order valence-electron chi connectivity index (χ2n) is 9.95. The summed E-state index contributed by atoms with van der Waals surface area (Å²) in [6.45, 7) is -9.48. The maximum atomic E-state index is 13.4. The zero-order valence-electron chi connectivity index (χ0n) is 22.0. The number of hydrogen-bond donors (Lipinski definition) is 6. The molecule has 7 N–H and O–H groups in total. The maximum Gasteiger partial charge on any atom is 0.386 e. The van der Waals surface area contributed by atoms with E-state index in [1.54, 1.807) is 0 Å². The first-order valence-corrected chi connectivity index (χ1v) is 18.1. The third-order valence-corrected chi connectivity index (χ3v) is 10.4. The molecule has 3 aliphatic rings. The van der Waals surface area contributed by atoms with Crippen LogP contribution in [-0.2, 0) is 43.9 Å². The Morgan fingerprint density at radius 3 is 2.02 bits per heavy atom. The summed E-state index contributed by atoms with van der Waals surface area (Å²) in [5.41, 5.74) is 12.8. The summed E-state index contributed by atoms with van der Waals surface area (Å²) in [4.78, 5) is 35.6. The lowest BCUT2D eigenvalue weighted by Gasteiger charge is -2.27. The number of imidazole rings is 2. The molecule has 44 heavy (non-hydrogen) atoms. The summed E-state index contributed by atoms with van der Waals surface area (Å²) in [5, 5.41) is 22.4. The summed E-state index contributed by atoms with van der Waals surface area (Å²) >= 11 is 9.35. The first-order valence-electron chi connectivity index (χ1n) is 12.8. The Morgan fingerprint density at radius 1 is 0.818 bits per heavy atom. The van der Waals surface area contributed by atoms with Gasteiger partial charge in [-0.05, 0) is 11.8 Å². The van der Waals surface area contributed by atoms with Gasteiger partial charge >= 0.3 is 13.5 Å². The van der Waals surface area contributed by atoms with Gasteiger partial charge < -0.3 is 40.6 Å². The van der Waals surface area contributed by atoms with Gasteiger partial charge in [0.05, 0.1) is 25.9 Å². The van der Waals surface area contributed by atoms with Crippen LogP contribution in [0.3, 0.4) is 0 Å². The van der Waals surface area contributed by atoms with Gasteiger partial charge in [-0.15, -0.1) is 0 Å². The Bertz CT molecular complexity index is 1830. The Kier molecular flexibility index (Phi) is 7.64. The van der Waals surface area contributed by atoms with E-state index >= 15 is 0 Å². The third kappa shape index (κ3) is 5.28. The number of fused-ring (bicyclic) bond motifs is 5. The van der Waals surface area contributed by atoms with Crippen LogP contribution in [0.4, 0.5) is 11.6 Å². The van der Waals surface area contributed by atoms with E-state index in [2.05, 4.69) is 42.2 Å². The van der Waals surface area contributed by atoms with E-state index in [1.165, 1.54) is 34.4 Å². The number of anilines is 2. The Labute approximate surface area is 256 Å². The van der Waals surface area contributed by atoms with Gasteiger partial charge in [-0.25, -0.2) is 34.5 Å². The van der Waals surface area contributed by atoms with E-state index in [0.29, 0.717) is 0 Å². The molecule has 0 radical (unpaired) electrons. The van der Waals surface area contributed by atoms with Gasteiger partial charge in [0.25, 0.3) is 0 Å². The molecule has 2 unspecified atom stereocenters. The highest BCUT2D eigenvalue weighted by atomic mass is 32.7. The topological polar surface area (TPSA) is 272 Å². The van der Waals surface area contributed by atoms with Crippen molar-refractivity contribution >= 4 is 71.5 Å². The van der Waals surface area contributed by atoms with E-state index in [9.17, 15) is 19.7 Å². The van der Waals surface area contributed by atoms with Crippen LogP contribution in [-0.4, -0.2) is 104 Å². The van der Waals surface area contributed by atoms with Gasteiger partial charge in [0.2, 0.25) is 0 Å². The molecule has 4 aromatic rings. The number of aliphatic hydroxyl groups is 2. The third-order valence-electron chi connectivity index (χ3n) is 7.26. The molecule has 24 heteroatoms. The van der Waals surface area contributed by atoms with E-state index in [0.717, 1.165) is 0 Å². The molecule has 2 bridgehead atoms. The molecule has 0 spiro atoms. The highest BCUT2D eigenvalue weighted by Crippen LogP contribution is 2.58. The van der Waals surface area contributed by atoms with E-state index in [-0.39, 0.29) is 34.0 Å².